The maximum absolute atomic E-state index is 13.9. The zero-order valence-electron chi connectivity index (χ0n) is 18.6. The van der Waals surface area contributed by atoms with E-state index in [4.69, 9.17) is 14.3 Å². The summed E-state index contributed by atoms with van der Waals surface area (Å²) in [5.41, 5.74) is 2.46. The minimum Gasteiger partial charge on any atom is -0.497 e. The van der Waals surface area contributed by atoms with Crippen LogP contribution in [-0.2, 0) is 0 Å². The zero-order chi connectivity index (χ0) is 21.8. The number of rotatable bonds is 4. The van der Waals surface area contributed by atoms with Crippen LogP contribution in [-0.4, -0.2) is 40.3 Å². The maximum Gasteiger partial charge on any atom is 0.272 e. The molecule has 2 unspecified atom stereocenters. The second kappa shape index (κ2) is 7.01. The smallest absolute Gasteiger partial charge is 0.272 e. The second-order valence-corrected chi connectivity index (χ2v) is 10.1. The standard InChI is InChI=1S/C25H29N3O3/c1-24(2)13-18-14-25(3,15-24)16-27(18)23(29)21-12-20(22-6-5-11-31-22)26-28(21)17-7-9-19(30-4)10-8-17/h5-12,18H,13-16H2,1-4H3. The number of fused-ring (bicyclic) bond motifs is 2. The first-order valence-electron chi connectivity index (χ1n) is 10.9. The molecular weight excluding hydrogens is 390 g/mol. The first-order chi connectivity index (χ1) is 14.8. The minimum atomic E-state index is 0.0348. The molecule has 2 atom stereocenters. The molecule has 1 aliphatic heterocycles. The van der Waals surface area contributed by atoms with Crippen LogP contribution >= 0.6 is 0 Å². The third-order valence-corrected chi connectivity index (χ3v) is 6.69. The Morgan fingerprint density at radius 3 is 2.61 bits per heavy atom. The number of furan rings is 1. The first-order valence-corrected chi connectivity index (χ1v) is 10.9. The third kappa shape index (κ3) is 3.54. The fourth-order valence-electron chi connectivity index (χ4n) is 5.84. The fraction of sp³-hybridized carbons (Fsp3) is 0.440. The molecule has 0 spiro atoms. The lowest BCUT2D eigenvalue weighted by Gasteiger charge is -2.39. The number of aromatic nitrogens is 2. The molecule has 162 valence electrons. The summed E-state index contributed by atoms with van der Waals surface area (Å²) in [7, 11) is 1.64. The quantitative estimate of drug-likeness (QED) is 0.584. The summed E-state index contributed by atoms with van der Waals surface area (Å²) >= 11 is 0. The van der Waals surface area contributed by atoms with Crippen molar-refractivity contribution in [2.24, 2.45) is 10.8 Å². The van der Waals surface area contributed by atoms with Gasteiger partial charge in [-0.05, 0) is 66.5 Å². The van der Waals surface area contributed by atoms with Gasteiger partial charge in [-0.2, -0.15) is 5.10 Å². The highest BCUT2D eigenvalue weighted by Gasteiger charge is 2.51. The predicted molar refractivity (Wildman–Crippen MR) is 118 cm³/mol. The van der Waals surface area contributed by atoms with E-state index in [9.17, 15) is 4.79 Å². The summed E-state index contributed by atoms with van der Waals surface area (Å²) < 4.78 is 12.6. The average Bonchev–Trinajstić information content (AvgIpc) is 3.44. The number of carbonyl (C=O) groups is 1. The van der Waals surface area contributed by atoms with Crippen LogP contribution in [0.2, 0.25) is 0 Å². The van der Waals surface area contributed by atoms with Crippen molar-refractivity contribution in [2.75, 3.05) is 13.7 Å². The van der Waals surface area contributed by atoms with E-state index in [1.165, 1.54) is 0 Å². The van der Waals surface area contributed by atoms with Crippen LogP contribution in [0.25, 0.3) is 17.1 Å². The van der Waals surface area contributed by atoms with Crippen LogP contribution in [0.15, 0.2) is 53.1 Å². The van der Waals surface area contributed by atoms with Crippen molar-refractivity contribution in [3.8, 4) is 22.9 Å². The van der Waals surface area contributed by atoms with Crippen LogP contribution in [0.5, 0.6) is 5.75 Å². The molecule has 2 fully saturated rings. The van der Waals surface area contributed by atoms with E-state index in [0.29, 0.717) is 17.1 Å². The van der Waals surface area contributed by atoms with Crippen molar-refractivity contribution in [3.63, 3.8) is 0 Å². The fourth-order valence-corrected chi connectivity index (χ4v) is 5.84. The Labute approximate surface area is 182 Å². The molecule has 1 aliphatic carbocycles. The van der Waals surface area contributed by atoms with Crippen LogP contribution in [0, 0.1) is 10.8 Å². The molecule has 2 aliphatic rings. The van der Waals surface area contributed by atoms with E-state index in [1.54, 1.807) is 18.1 Å². The highest BCUT2D eigenvalue weighted by molar-refractivity contribution is 5.94. The van der Waals surface area contributed by atoms with Crippen molar-refractivity contribution in [1.29, 1.82) is 0 Å². The molecule has 31 heavy (non-hydrogen) atoms. The molecule has 2 aromatic heterocycles. The highest BCUT2D eigenvalue weighted by Crippen LogP contribution is 2.52. The predicted octanol–water partition coefficient (Wildman–Crippen LogP) is 5.18. The Kier molecular flexibility index (Phi) is 4.50. The van der Waals surface area contributed by atoms with Crippen LogP contribution < -0.4 is 4.74 Å². The van der Waals surface area contributed by atoms with Crippen LogP contribution in [0.3, 0.4) is 0 Å². The Bertz CT molecular complexity index is 1100. The van der Waals surface area contributed by atoms with E-state index in [1.807, 2.05) is 42.5 Å². The number of carbonyl (C=O) groups excluding carboxylic acids is 1. The van der Waals surface area contributed by atoms with Gasteiger partial charge >= 0.3 is 0 Å². The van der Waals surface area contributed by atoms with Gasteiger partial charge in [-0.1, -0.05) is 20.8 Å². The molecule has 3 heterocycles. The van der Waals surface area contributed by atoms with Gasteiger partial charge in [0, 0.05) is 18.7 Å². The number of nitrogens with zero attached hydrogens (tertiary/aromatic N) is 3. The molecule has 6 heteroatoms. The Hall–Kier alpha value is -3.02. The lowest BCUT2D eigenvalue weighted by Crippen LogP contribution is -2.38. The third-order valence-electron chi connectivity index (χ3n) is 6.69. The number of hydrogen-bond donors (Lipinski definition) is 0. The van der Waals surface area contributed by atoms with Gasteiger partial charge in [-0.3, -0.25) is 4.79 Å². The van der Waals surface area contributed by atoms with Gasteiger partial charge in [0.25, 0.3) is 5.91 Å². The molecule has 0 N–H and O–H groups in total. The van der Waals surface area contributed by atoms with Gasteiger partial charge in [0.15, 0.2) is 5.76 Å². The van der Waals surface area contributed by atoms with Crippen molar-refractivity contribution >= 4 is 5.91 Å². The Balaban J connectivity index is 1.55. The maximum atomic E-state index is 13.9. The number of likely N-dealkylation sites (tertiary alicyclic amines) is 1. The lowest BCUT2D eigenvalue weighted by molar-refractivity contribution is 0.0699. The molecule has 5 rings (SSSR count). The molecular formula is C25H29N3O3. The number of benzene rings is 1. The summed E-state index contributed by atoms with van der Waals surface area (Å²) in [5.74, 6) is 1.45. The molecule has 3 aromatic rings. The molecule has 1 saturated carbocycles. The van der Waals surface area contributed by atoms with Gasteiger partial charge in [0.2, 0.25) is 0 Å². The van der Waals surface area contributed by atoms with E-state index in [-0.39, 0.29) is 22.8 Å². The van der Waals surface area contributed by atoms with E-state index in [0.717, 1.165) is 37.2 Å². The lowest BCUT2D eigenvalue weighted by atomic mass is 9.65. The molecule has 0 radical (unpaired) electrons. The summed E-state index contributed by atoms with van der Waals surface area (Å²) in [5, 5.41) is 4.74. The zero-order valence-corrected chi connectivity index (χ0v) is 18.6. The number of hydrogen-bond acceptors (Lipinski definition) is 4. The molecule has 1 aromatic carbocycles. The number of amides is 1. The van der Waals surface area contributed by atoms with E-state index < -0.39 is 0 Å². The van der Waals surface area contributed by atoms with Crippen LogP contribution in [0.1, 0.15) is 50.5 Å². The summed E-state index contributed by atoms with van der Waals surface area (Å²) in [6.45, 7) is 7.76. The highest BCUT2D eigenvalue weighted by atomic mass is 16.5. The largest absolute Gasteiger partial charge is 0.497 e. The van der Waals surface area contributed by atoms with Crippen molar-refractivity contribution in [1.82, 2.24) is 14.7 Å². The topological polar surface area (TPSA) is 60.5 Å². The van der Waals surface area contributed by atoms with Crippen molar-refractivity contribution in [3.05, 3.63) is 54.4 Å². The summed E-state index contributed by atoms with van der Waals surface area (Å²) in [6.07, 6.45) is 4.88. The second-order valence-electron chi connectivity index (χ2n) is 10.1. The van der Waals surface area contributed by atoms with Crippen molar-refractivity contribution < 1.29 is 13.9 Å². The monoisotopic (exact) mass is 419 g/mol. The van der Waals surface area contributed by atoms with E-state index in [2.05, 4.69) is 25.7 Å². The van der Waals surface area contributed by atoms with Gasteiger partial charge in [0.1, 0.15) is 17.1 Å². The van der Waals surface area contributed by atoms with Gasteiger partial charge in [0.05, 0.1) is 19.1 Å². The molecule has 1 amide bonds. The summed E-state index contributed by atoms with van der Waals surface area (Å²) in [6, 6.07) is 13.4. The SMILES string of the molecule is COc1ccc(-n2nc(-c3ccco3)cc2C(=O)N2CC3(C)CC2CC(C)(C)C3)cc1. The minimum absolute atomic E-state index is 0.0348. The Morgan fingerprint density at radius 1 is 1.16 bits per heavy atom. The first kappa shape index (κ1) is 19.9. The number of methoxy groups -OCH3 is 1. The van der Waals surface area contributed by atoms with Gasteiger partial charge in [-0.25, -0.2) is 4.68 Å². The summed E-state index contributed by atoms with van der Waals surface area (Å²) in [4.78, 5) is 15.9. The normalized spacial score (nSPS) is 24.4. The van der Waals surface area contributed by atoms with Crippen LogP contribution in [0.4, 0.5) is 0 Å². The van der Waals surface area contributed by atoms with E-state index >= 15 is 0 Å². The van der Waals surface area contributed by atoms with Gasteiger partial charge < -0.3 is 14.1 Å². The number of ether oxygens (including phenoxy) is 1. The Morgan fingerprint density at radius 2 is 1.94 bits per heavy atom. The van der Waals surface area contributed by atoms with Crippen molar-refractivity contribution in [2.45, 2.75) is 46.1 Å². The molecule has 2 bridgehead atoms. The van der Waals surface area contributed by atoms with Gasteiger partial charge in [-0.15, -0.1) is 0 Å². The average molecular weight is 420 g/mol. The molecule has 1 saturated heterocycles. The molecule has 6 nitrogen and oxygen atoms in total.